The maximum atomic E-state index is 13.5. The summed E-state index contributed by atoms with van der Waals surface area (Å²) in [7, 11) is 1.88. The summed E-state index contributed by atoms with van der Waals surface area (Å²) in [4.78, 5) is 13.8. The number of hydrogen-bond donors (Lipinski definition) is 1. The second-order valence-electron chi connectivity index (χ2n) is 4.96. The lowest BCUT2D eigenvalue weighted by molar-refractivity contribution is -0.129. The van der Waals surface area contributed by atoms with Crippen molar-refractivity contribution < 1.29 is 13.6 Å². The number of carbonyl (C=O) groups excluding carboxylic acids is 1. The average Bonchev–Trinajstić information content (AvgIpc) is 2.83. The first-order chi connectivity index (χ1) is 9.10. The molecule has 1 aliphatic heterocycles. The molecular weight excluding hydrogens is 250 g/mol. The molecule has 1 heterocycles. The fourth-order valence-electron chi connectivity index (χ4n) is 2.47. The molecule has 19 heavy (non-hydrogen) atoms. The lowest BCUT2D eigenvalue weighted by Gasteiger charge is -2.16. The first-order valence-corrected chi connectivity index (χ1v) is 6.46. The lowest BCUT2D eigenvalue weighted by Crippen LogP contribution is -2.31. The SMILES string of the molecule is CNC[C@H]1CCN(C(=O)Cc2cc(F)ccc2F)C1. The van der Waals surface area contributed by atoms with E-state index in [4.69, 9.17) is 0 Å². The van der Waals surface area contributed by atoms with Crippen LogP contribution < -0.4 is 5.32 Å². The van der Waals surface area contributed by atoms with Gasteiger partial charge in [0.15, 0.2) is 0 Å². The number of benzene rings is 1. The Kier molecular flexibility index (Phi) is 4.47. The Morgan fingerprint density at radius 2 is 2.26 bits per heavy atom. The maximum Gasteiger partial charge on any atom is 0.227 e. The molecule has 0 bridgehead atoms. The number of carbonyl (C=O) groups is 1. The molecule has 0 unspecified atom stereocenters. The molecule has 2 rings (SSSR count). The minimum absolute atomic E-state index is 0.0735. The van der Waals surface area contributed by atoms with Gasteiger partial charge in [-0.05, 0) is 44.1 Å². The van der Waals surface area contributed by atoms with E-state index in [-0.39, 0.29) is 17.9 Å². The van der Waals surface area contributed by atoms with Crippen molar-refractivity contribution in [1.29, 1.82) is 0 Å². The van der Waals surface area contributed by atoms with Crippen molar-refractivity contribution in [1.82, 2.24) is 10.2 Å². The van der Waals surface area contributed by atoms with Gasteiger partial charge in [0.2, 0.25) is 5.91 Å². The summed E-state index contributed by atoms with van der Waals surface area (Å²) in [5.41, 5.74) is 0.127. The highest BCUT2D eigenvalue weighted by Gasteiger charge is 2.26. The van der Waals surface area contributed by atoms with Crippen LogP contribution in [0.4, 0.5) is 8.78 Å². The highest BCUT2D eigenvalue weighted by molar-refractivity contribution is 5.79. The number of nitrogens with one attached hydrogen (secondary N) is 1. The van der Waals surface area contributed by atoms with Crippen molar-refractivity contribution in [3.63, 3.8) is 0 Å². The predicted molar refractivity (Wildman–Crippen MR) is 68.7 cm³/mol. The topological polar surface area (TPSA) is 32.3 Å². The third-order valence-electron chi connectivity index (χ3n) is 3.48. The van der Waals surface area contributed by atoms with E-state index in [1.165, 1.54) is 0 Å². The highest BCUT2D eigenvalue weighted by atomic mass is 19.1. The second kappa shape index (κ2) is 6.10. The molecule has 1 fully saturated rings. The van der Waals surface area contributed by atoms with Crippen LogP contribution in [0.2, 0.25) is 0 Å². The number of hydrogen-bond acceptors (Lipinski definition) is 2. The van der Waals surface area contributed by atoms with Crippen molar-refractivity contribution in [2.24, 2.45) is 5.92 Å². The van der Waals surface area contributed by atoms with E-state index in [0.29, 0.717) is 19.0 Å². The zero-order chi connectivity index (χ0) is 13.8. The summed E-state index contributed by atoms with van der Waals surface area (Å²) in [6, 6.07) is 3.21. The molecule has 1 atom stereocenters. The molecule has 3 nitrogen and oxygen atoms in total. The minimum atomic E-state index is -0.527. The van der Waals surface area contributed by atoms with Gasteiger partial charge >= 0.3 is 0 Å². The predicted octanol–water partition coefficient (Wildman–Crippen LogP) is 1.58. The Hall–Kier alpha value is -1.49. The zero-order valence-corrected chi connectivity index (χ0v) is 11.0. The Morgan fingerprint density at radius 3 is 3.00 bits per heavy atom. The first kappa shape index (κ1) is 13.9. The van der Waals surface area contributed by atoms with E-state index in [1.54, 1.807) is 4.90 Å². The van der Waals surface area contributed by atoms with Crippen LogP contribution in [0.3, 0.4) is 0 Å². The molecule has 1 N–H and O–H groups in total. The number of halogens is 2. The maximum absolute atomic E-state index is 13.5. The summed E-state index contributed by atoms with van der Waals surface area (Å²) in [6.07, 6.45) is 0.883. The average molecular weight is 268 g/mol. The highest BCUT2D eigenvalue weighted by Crippen LogP contribution is 2.18. The van der Waals surface area contributed by atoms with Crippen LogP contribution in [0, 0.1) is 17.6 Å². The largest absolute Gasteiger partial charge is 0.342 e. The van der Waals surface area contributed by atoms with Crippen molar-refractivity contribution in [3.05, 3.63) is 35.4 Å². The van der Waals surface area contributed by atoms with Crippen LogP contribution in [-0.2, 0) is 11.2 Å². The molecule has 1 amide bonds. The van der Waals surface area contributed by atoms with E-state index >= 15 is 0 Å². The summed E-state index contributed by atoms with van der Waals surface area (Å²) < 4.78 is 26.5. The summed E-state index contributed by atoms with van der Waals surface area (Å²) >= 11 is 0. The van der Waals surface area contributed by atoms with Gasteiger partial charge in [-0.1, -0.05) is 0 Å². The molecule has 0 spiro atoms. The molecule has 0 radical (unpaired) electrons. The van der Waals surface area contributed by atoms with Crippen LogP contribution in [0.15, 0.2) is 18.2 Å². The van der Waals surface area contributed by atoms with Crippen LogP contribution in [-0.4, -0.2) is 37.5 Å². The number of likely N-dealkylation sites (tertiary alicyclic amines) is 1. The minimum Gasteiger partial charge on any atom is -0.342 e. The number of nitrogens with zero attached hydrogens (tertiary/aromatic N) is 1. The van der Waals surface area contributed by atoms with Crippen molar-refractivity contribution in [2.45, 2.75) is 12.8 Å². The van der Waals surface area contributed by atoms with Gasteiger partial charge in [-0.15, -0.1) is 0 Å². The molecule has 1 aliphatic rings. The van der Waals surface area contributed by atoms with Crippen LogP contribution in [0.1, 0.15) is 12.0 Å². The smallest absolute Gasteiger partial charge is 0.227 e. The molecular formula is C14H18F2N2O. The number of amides is 1. The summed E-state index contributed by atoms with van der Waals surface area (Å²) in [6.45, 7) is 2.26. The van der Waals surface area contributed by atoms with Gasteiger partial charge in [0, 0.05) is 18.7 Å². The molecule has 0 saturated carbocycles. The van der Waals surface area contributed by atoms with Crippen molar-refractivity contribution in [2.75, 3.05) is 26.7 Å². The quantitative estimate of drug-likeness (QED) is 0.899. The van der Waals surface area contributed by atoms with Gasteiger partial charge in [-0.25, -0.2) is 8.78 Å². The van der Waals surface area contributed by atoms with Gasteiger partial charge in [0.1, 0.15) is 11.6 Å². The van der Waals surface area contributed by atoms with E-state index in [9.17, 15) is 13.6 Å². The van der Waals surface area contributed by atoms with Crippen LogP contribution in [0.25, 0.3) is 0 Å². The van der Waals surface area contributed by atoms with Gasteiger partial charge < -0.3 is 10.2 Å². The van der Waals surface area contributed by atoms with E-state index < -0.39 is 11.6 Å². The molecule has 1 aromatic rings. The fraction of sp³-hybridized carbons (Fsp3) is 0.500. The van der Waals surface area contributed by atoms with Crippen LogP contribution >= 0.6 is 0 Å². The molecule has 5 heteroatoms. The second-order valence-corrected chi connectivity index (χ2v) is 4.96. The Bertz CT molecular complexity index is 465. The van der Waals surface area contributed by atoms with Gasteiger partial charge in [-0.2, -0.15) is 0 Å². The van der Waals surface area contributed by atoms with E-state index in [2.05, 4.69) is 5.32 Å². The fourth-order valence-corrected chi connectivity index (χ4v) is 2.47. The normalized spacial score (nSPS) is 18.9. The zero-order valence-electron chi connectivity index (χ0n) is 11.0. The van der Waals surface area contributed by atoms with Gasteiger partial charge in [-0.3, -0.25) is 4.79 Å². The van der Waals surface area contributed by atoms with Gasteiger partial charge in [0.05, 0.1) is 6.42 Å². The third kappa shape index (κ3) is 3.50. The summed E-state index contributed by atoms with van der Waals surface area (Å²) in [5, 5.41) is 3.09. The molecule has 0 aromatic heterocycles. The Labute approximate surface area is 111 Å². The van der Waals surface area contributed by atoms with Gasteiger partial charge in [0.25, 0.3) is 0 Å². The van der Waals surface area contributed by atoms with E-state index in [1.807, 2.05) is 7.05 Å². The first-order valence-electron chi connectivity index (χ1n) is 6.46. The summed E-state index contributed by atoms with van der Waals surface area (Å²) in [5.74, 6) is -0.728. The molecule has 104 valence electrons. The molecule has 1 aromatic carbocycles. The van der Waals surface area contributed by atoms with Crippen molar-refractivity contribution >= 4 is 5.91 Å². The third-order valence-corrected chi connectivity index (χ3v) is 3.48. The Morgan fingerprint density at radius 1 is 1.47 bits per heavy atom. The van der Waals surface area contributed by atoms with Crippen molar-refractivity contribution in [3.8, 4) is 0 Å². The van der Waals surface area contributed by atoms with Crippen LogP contribution in [0.5, 0.6) is 0 Å². The van der Waals surface area contributed by atoms with E-state index in [0.717, 1.165) is 31.2 Å². The number of rotatable bonds is 4. The monoisotopic (exact) mass is 268 g/mol. The molecule has 0 aliphatic carbocycles. The molecule has 1 saturated heterocycles. The standard InChI is InChI=1S/C14H18F2N2O/c1-17-8-10-4-5-18(9-10)14(19)7-11-6-12(15)2-3-13(11)16/h2-3,6,10,17H,4-5,7-9H2,1H3/t10-/m1/s1. The lowest BCUT2D eigenvalue weighted by atomic mass is 10.1. The Balaban J connectivity index is 1.96.